The van der Waals surface area contributed by atoms with Crippen molar-refractivity contribution in [2.45, 2.75) is 19.4 Å². The Morgan fingerprint density at radius 1 is 1.30 bits per heavy atom. The highest BCUT2D eigenvalue weighted by Crippen LogP contribution is 2.31. The van der Waals surface area contributed by atoms with Gasteiger partial charge in [-0.05, 0) is 46.6 Å². The Labute approximate surface area is 144 Å². The number of hydrogen-bond donors (Lipinski definition) is 2. The molecule has 1 amide bonds. The minimum atomic E-state index is -0.0285. The standard InChI is InChI=1S/C18H19BrN2O2/c1-12-6-7-16(14(19)10-12)20-11-18(22)21-15-8-9-23-17-5-3-2-4-13(15)17/h2-7,10,15,20H,8-9,11H2,1H3,(H,21,22). The Balaban J connectivity index is 1.60. The highest BCUT2D eigenvalue weighted by Gasteiger charge is 2.22. The lowest BCUT2D eigenvalue weighted by Crippen LogP contribution is -2.35. The van der Waals surface area contributed by atoms with Crippen molar-refractivity contribution in [2.75, 3.05) is 18.5 Å². The van der Waals surface area contributed by atoms with Gasteiger partial charge in [-0.3, -0.25) is 4.79 Å². The van der Waals surface area contributed by atoms with Gasteiger partial charge in [0.2, 0.25) is 5.91 Å². The van der Waals surface area contributed by atoms with Crippen LogP contribution >= 0.6 is 15.9 Å². The zero-order valence-electron chi connectivity index (χ0n) is 12.9. The van der Waals surface area contributed by atoms with Gasteiger partial charge >= 0.3 is 0 Å². The molecule has 2 aromatic carbocycles. The molecule has 2 aromatic rings. The molecule has 1 atom stereocenters. The van der Waals surface area contributed by atoms with Crippen molar-refractivity contribution < 1.29 is 9.53 Å². The van der Waals surface area contributed by atoms with Crippen LogP contribution in [0.25, 0.3) is 0 Å². The molecule has 1 heterocycles. The van der Waals surface area contributed by atoms with E-state index in [1.54, 1.807) is 0 Å². The summed E-state index contributed by atoms with van der Waals surface area (Å²) in [6.07, 6.45) is 0.789. The maximum absolute atomic E-state index is 12.2. The van der Waals surface area contributed by atoms with Crippen LogP contribution in [-0.4, -0.2) is 19.1 Å². The molecule has 2 N–H and O–H groups in total. The summed E-state index contributed by atoms with van der Waals surface area (Å²) in [5, 5.41) is 6.24. The number of carbonyl (C=O) groups excluding carboxylic acids is 1. The van der Waals surface area contributed by atoms with Crippen LogP contribution in [0.5, 0.6) is 5.75 Å². The van der Waals surface area contributed by atoms with Gasteiger partial charge in [0.1, 0.15) is 5.75 Å². The second-order valence-electron chi connectivity index (χ2n) is 5.63. The fraction of sp³-hybridized carbons (Fsp3) is 0.278. The largest absolute Gasteiger partial charge is 0.493 e. The first kappa shape index (κ1) is 15.9. The van der Waals surface area contributed by atoms with E-state index in [-0.39, 0.29) is 18.5 Å². The van der Waals surface area contributed by atoms with Gasteiger partial charge < -0.3 is 15.4 Å². The normalized spacial score (nSPS) is 16.2. The number of rotatable bonds is 4. The molecule has 1 aliphatic rings. The summed E-state index contributed by atoms with van der Waals surface area (Å²) in [5.41, 5.74) is 3.13. The minimum absolute atomic E-state index is 0.00992. The van der Waals surface area contributed by atoms with Crippen molar-refractivity contribution >= 4 is 27.5 Å². The van der Waals surface area contributed by atoms with E-state index in [2.05, 4.69) is 26.6 Å². The molecule has 0 bridgehead atoms. The molecule has 120 valence electrons. The molecule has 1 aliphatic heterocycles. The van der Waals surface area contributed by atoms with E-state index in [0.29, 0.717) is 6.61 Å². The number of nitrogens with one attached hydrogen (secondary N) is 2. The predicted molar refractivity (Wildman–Crippen MR) is 94.8 cm³/mol. The van der Waals surface area contributed by atoms with Crippen molar-refractivity contribution in [2.24, 2.45) is 0 Å². The number of carbonyl (C=O) groups is 1. The molecule has 0 radical (unpaired) electrons. The number of ether oxygens (including phenoxy) is 1. The zero-order valence-corrected chi connectivity index (χ0v) is 14.5. The van der Waals surface area contributed by atoms with Crippen LogP contribution in [-0.2, 0) is 4.79 Å². The summed E-state index contributed by atoms with van der Waals surface area (Å²) in [6, 6.07) is 13.9. The number of hydrogen-bond acceptors (Lipinski definition) is 3. The molecule has 0 aliphatic carbocycles. The van der Waals surface area contributed by atoms with Gasteiger partial charge in [-0.1, -0.05) is 24.3 Å². The number of para-hydroxylation sites is 1. The van der Waals surface area contributed by atoms with Crippen LogP contribution < -0.4 is 15.4 Å². The van der Waals surface area contributed by atoms with Crippen molar-refractivity contribution in [3.05, 3.63) is 58.1 Å². The third kappa shape index (κ3) is 3.85. The first-order chi connectivity index (χ1) is 11.1. The molecule has 0 spiro atoms. The zero-order chi connectivity index (χ0) is 16.2. The molecular weight excluding hydrogens is 356 g/mol. The van der Waals surface area contributed by atoms with Crippen molar-refractivity contribution in [3.8, 4) is 5.75 Å². The Morgan fingerprint density at radius 2 is 2.13 bits per heavy atom. The number of fused-ring (bicyclic) bond motifs is 1. The van der Waals surface area contributed by atoms with Crippen LogP contribution in [0.3, 0.4) is 0 Å². The smallest absolute Gasteiger partial charge is 0.239 e. The van der Waals surface area contributed by atoms with Crippen LogP contribution in [0, 0.1) is 6.92 Å². The fourth-order valence-corrected chi connectivity index (χ4v) is 3.31. The maximum Gasteiger partial charge on any atom is 0.239 e. The molecule has 4 nitrogen and oxygen atoms in total. The van der Waals surface area contributed by atoms with Gasteiger partial charge in [0.25, 0.3) is 0 Å². The Morgan fingerprint density at radius 3 is 2.96 bits per heavy atom. The van der Waals surface area contributed by atoms with Crippen LogP contribution in [0.15, 0.2) is 46.9 Å². The van der Waals surface area contributed by atoms with Crippen molar-refractivity contribution in [1.82, 2.24) is 5.32 Å². The summed E-state index contributed by atoms with van der Waals surface area (Å²) in [5.74, 6) is 0.831. The van der Waals surface area contributed by atoms with E-state index in [1.807, 2.05) is 49.4 Å². The molecule has 23 heavy (non-hydrogen) atoms. The van der Waals surface area contributed by atoms with Crippen LogP contribution in [0.4, 0.5) is 5.69 Å². The third-order valence-corrected chi connectivity index (χ3v) is 4.51. The topological polar surface area (TPSA) is 50.4 Å². The van der Waals surface area contributed by atoms with Gasteiger partial charge in [-0.2, -0.15) is 0 Å². The lowest BCUT2D eigenvalue weighted by Gasteiger charge is -2.26. The lowest BCUT2D eigenvalue weighted by atomic mass is 10.0. The highest BCUT2D eigenvalue weighted by molar-refractivity contribution is 9.10. The summed E-state index contributed by atoms with van der Waals surface area (Å²) in [6.45, 7) is 2.89. The van der Waals surface area contributed by atoms with Crippen LogP contribution in [0.1, 0.15) is 23.6 Å². The fourth-order valence-electron chi connectivity index (χ4n) is 2.68. The number of halogens is 1. The predicted octanol–water partition coefficient (Wildman–Crippen LogP) is 3.81. The van der Waals surface area contributed by atoms with Gasteiger partial charge in [0.15, 0.2) is 0 Å². The van der Waals surface area contributed by atoms with E-state index < -0.39 is 0 Å². The number of benzene rings is 2. The number of amides is 1. The summed E-state index contributed by atoms with van der Waals surface area (Å²) >= 11 is 3.51. The lowest BCUT2D eigenvalue weighted by molar-refractivity contribution is -0.120. The molecule has 5 heteroatoms. The average Bonchev–Trinajstić information content (AvgIpc) is 2.54. The SMILES string of the molecule is Cc1ccc(NCC(=O)NC2CCOc3ccccc32)c(Br)c1. The van der Waals surface area contributed by atoms with Crippen LogP contribution in [0.2, 0.25) is 0 Å². The number of anilines is 1. The molecule has 0 saturated carbocycles. The second-order valence-corrected chi connectivity index (χ2v) is 6.49. The van der Waals surface area contributed by atoms with E-state index in [0.717, 1.165) is 27.9 Å². The van der Waals surface area contributed by atoms with E-state index in [4.69, 9.17) is 4.74 Å². The minimum Gasteiger partial charge on any atom is -0.493 e. The Bertz CT molecular complexity index is 718. The number of aryl methyl sites for hydroxylation is 1. The van der Waals surface area contributed by atoms with E-state index in [9.17, 15) is 4.79 Å². The third-order valence-electron chi connectivity index (χ3n) is 3.86. The average molecular weight is 375 g/mol. The van der Waals surface area contributed by atoms with Gasteiger partial charge in [0, 0.05) is 22.1 Å². The first-order valence-electron chi connectivity index (χ1n) is 7.64. The monoisotopic (exact) mass is 374 g/mol. The molecule has 3 rings (SSSR count). The molecular formula is C18H19BrN2O2. The van der Waals surface area contributed by atoms with Crippen molar-refractivity contribution in [3.63, 3.8) is 0 Å². The van der Waals surface area contributed by atoms with Gasteiger partial charge in [-0.15, -0.1) is 0 Å². The maximum atomic E-state index is 12.2. The quantitative estimate of drug-likeness (QED) is 0.855. The summed E-state index contributed by atoms with van der Waals surface area (Å²) < 4.78 is 6.58. The van der Waals surface area contributed by atoms with Gasteiger partial charge in [-0.25, -0.2) is 0 Å². The van der Waals surface area contributed by atoms with Crippen molar-refractivity contribution in [1.29, 1.82) is 0 Å². The molecule has 0 saturated heterocycles. The first-order valence-corrected chi connectivity index (χ1v) is 8.44. The summed E-state index contributed by atoms with van der Waals surface area (Å²) in [4.78, 5) is 12.2. The Hall–Kier alpha value is -2.01. The molecule has 0 aromatic heterocycles. The highest BCUT2D eigenvalue weighted by atomic mass is 79.9. The second kappa shape index (κ2) is 7.04. The Kier molecular flexibility index (Phi) is 4.86. The van der Waals surface area contributed by atoms with Gasteiger partial charge in [0.05, 0.1) is 19.2 Å². The molecule has 1 unspecified atom stereocenters. The summed E-state index contributed by atoms with van der Waals surface area (Å²) in [7, 11) is 0. The molecule has 0 fully saturated rings. The van der Waals surface area contributed by atoms with E-state index >= 15 is 0 Å². The van der Waals surface area contributed by atoms with E-state index in [1.165, 1.54) is 5.56 Å².